The fraction of sp³-hybridized carbons (Fsp3) is 0.269. The van der Waals surface area contributed by atoms with E-state index in [-0.39, 0.29) is 11.7 Å². The number of ether oxygens (including phenoxy) is 1. The molecule has 0 spiro atoms. The Balaban J connectivity index is 1.22. The van der Waals surface area contributed by atoms with Gasteiger partial charge >= 0.3 is 0 Å². The van der Waals surface area contributed by atoms with Crippen molar-refractivity contribution >= 4 is 55.6 Å². The van der Waals surface area contributed by atoms with Crippen molar-refractivity contribution < 1.29 is 9.53 Å². The number of hydrogen-bond donors (Lipinski definition) is 1. The molecule has 0 bridgehead atoms. The average Bonchev–Trinajstić information content (AvgIpc) is 3.43. The molecule has 9 heteroatoms. The highest BCUT2D eigenvalue weighted by Crippen LogP contribution is 2.37. The molecule has 2 aromatic carbocycles. The molecule has 35 heavy (non-hydrogen) atoms. The lowest BCUT2D eigenvalue weighted by atomic mass is 10.0. The van der Waals surface area contributed by atoms with Gasteiger partial charge in [0.15, 0.2) is 4.34 Å². The van der Waals surface area contributed by atoms with Gasteiger partial charge in [0, 0.05) is 24.5 Å². The number of thiazole rings is 1. The zero-order valence-electron chi connectivity index (χ0n) is 19.2. The third-order valence-electron chi connectivity index (χ3n) is 5.73. The zero-order valence-corrected chi connectivity index (χ0v) is 21.7. The predicted molar refractivity (Wildman–Crippen MR) is 143 cm³/mol. The number of hydrogen-bond acceptors (Lipinski definition) is 8. The minimum absolute atomic E-state index is 0.125. The number of nitriles is 1. The number of thioether (sulfide) groups is 1. The molecule has 3 heterocycles. The Hall–Kier alpha value is -2.90. The predicted octanol–water partition coefficient (Wildman–Crippen LogP) is 5.92. The van der Waals surface area contributed by atoms with Crippen molar-refractivity contribution in [3.63, 3.8) is 0 Å². The summed E-state index contributed by atoms with van der Waals surface area (Å²) in [4.78, 5) is 20.9. The molecule has 6 nitrogen and oxygen atoms in total. The van der Waals surface area contributed by atoms with Gasteiger partial charge in [0.2, 0.25) is 5.91 Å². The Bertz CT molecular complexity index is 1390. The quantitative estimate of drug-likeness (QED) is 0.291. The number of fused-ring (bicyclic) bond motifs is 2. The third kappa shape index (κ3) is 5.52. The van der Waals surface area contributed by atoms with E-state index in [9.17, 15) is 10.1 Å². The lowest BCUT2D eigenvalue weighted by Crippen LogP contribution is -2.29. The van der Waals surface area contributed by atoms with Crippen molar-refractivity contribution in [1.29, 1.82) is 5.26 Å². The summed E-state index contributed by atoms with van der Waals surface area (Å²) in [7, 11) is 0. The smallest absolute Gasteiger partial charge is 0.235 e. The molecule has 0 atom stereocenters. The van der Waals surface area contributed by atoms with Gasteiger partial charge < -0.3 is 10.1 Å². The number of anilines is 1. The van der Waals surface area contributed by atoms with E-state index >= 15 is 0 Å². The van der Waals surface area contributed by atoms with Crippen LogP contribution in [0.15, 0.2) is 52.9 Å². The number of rotatable bonds is 8. The number of aromatic nitrogens is 1. The van der Waals surface area contributed by atoms with Crippen molar-refractivity contribution in [2.75, 3.05) is 24.2 Å². The van der Waals surface area contributed by atoms with Crippen LogP contribution in [0.1, 0.15) is 28.5 Å². The molecule has 0 saturated carbocycles. The number of amides is 1. The lowest BCUT2D eigenvalue weighted by molar-refractivity contribution is -0.113. The highest BCUT2D eigenvalue weighted by molar-refractivity contribution is 8.01. The van der Waals surface area contributed by atoms with Gasteiger partial charge in [0.05, 0.1) is 28.1 Å². The SMILES string of the molecule is CCOc1ccc2nc(SCC(=O)Nc3sc4c(c3C#N)CCN(Cc3ccccc3)C4)sc2c1. The zero-order chi connectivity index (χ0) is 24.2. The van der Waals surface area contributed by atoms with Gasteiger partial charge in [-0.15, -0.1) is 22.7 Å². The van der Waals surface area contributed by atoms with Crippen LogP contribution in [0.5, 0.6) is 5.75 Å². The second kappa shape index (κ2) is 10.8. The molecular weight excluding hydrogens is 497 g/mol. The second-order valence-corrected chi connectivity index (χ2v) is 11.5. The average molecular weight is 521 g/mol. The maximum atomic E-state index is 12.7. The van der Waals surface area contributed by atoms with E-state index in [4.69, 9.17) is 4.74 Å². The summed E-state index contributed by atoms with van der Waals surface area (Å²) in [5.41, 5.74) is 3.88. The standard InChI is InChI=1S/C26H24N4O2S3/c1-2-32-18-8-9-21-22(12-18)35-26(28-21)33-16-24(31)29-25-20(13-27)19-10-11-30(15-23(19)34-25)14-17-6-4-3-5-7-17/h3-9,12H,2,10-11,14-16H2,1H3,(H,29,31). The molecule has 1 aliphatic rings. The molecule has 0 saturated heterocycles. The van der Waals surface area contributed by atoms with Crippen molar-refractivity contribution in [1.82, 2.24) is 9.88 Å². The summed E-state index contributed by atoms with van der Waals surface area (Å²) >= 11 is 4.49. The highest BCUT2D eigenvalue weighted by Gasteiger charge is 2.25. The van der Waals surface area contributed by atoms with Gasteiger partial charge in [0.25, 0.3) is 0 Å². The van der Waals surface area contributed by atoms with E-state index in [0.29, 0.717) is 17.2 Å². The van der Waals surface area contributed by atoms with Crippen molar-refractivity contribution in [2.24, 2.45) is 0 Å². The maximum Gasteiger partial charge on any atom is 0.235 e. The van der Waals surface area contributed by atoms with Crippen molar-refractivity contribution in [3.05, 3.63) is 70.1 Å². The Morgan fingerprint density at radius 3 is 2.91 bits per heavy atom. The monoisotopic (exact) mass is 520 g/mol. The minimum atomic E-state index is -0.125. The van der Waals surface area contributed by atoms with E-state index in [1.54, 1.807) is 11.3 Å². The van der Waals surface area contributed by atoms with Gasteiger partial charge in [-0.05, 0) is 42.7 Å². The third-order valence-corrected chi connectivity index (χ3v) is 9.02. The number of carbonyl (C=O) groups is 1. The molecule has 0 fully saturated rings. The summed E-state index contributed by atoms with van der Waals surface area (Å²) in [5.74, 6) is 0.942. The Kier molecular flexibility index (Phi) is 7.35. The molecule has 1 N–H and O–H groups in total. The molecule has 1 amide bonds. The summed E-state index contributed by atoms with van der Waals surface area (Å²) in [5, 5.41) is 13.4. The van der Waals surface area contributed by atoms with E-state index in [2.05, 4.69) is 45.5 Å². The first-order chi connectivity index (χ1) is 17.1. The molecule has 2 aromatic heterocycles. The molecule has 1 aliphatic heterocycles. The van der Waals surface area contributed by atoms with Crippen LogP contribution >= 0.6 is 34.4 Å². The first-order valence-corrected chi connectivity index (χ1v) is 14.0. The number of nitrogens with one attached hydrogen (secondary N) is 1. The van der Waals surface area contributed by atoms with Gasteiger partial charge in [0.1, 0.15) is 16.8 Å². The van der Waals surface area contributed by atoms with Crippen LogP contribution < -0.4 is 10.1 Å². The Morgan fingerprint density at radius 2 is 2.11 bits per heavy atom. The largest absolute Gasteiger partial charge is 0.494 e. The number of benzene rings is 2. The van der Waals surface area contributed by atoms with E-state index in [1.807, 2.05) is 31.2 Å². The molecule has 0 aliphatic carbocycles. The van der Waals surface area contributed by atoms with E-state index < -0.39 is 0 Å². The van der Waals surface area contributed by atoms with Gasteiger partial charge in [-0.25, -0.2) is 4.98 Å². The summed E-state index contributed by atoms with van der Waals surface area (Å²) < 4.78 is 7.44. The first-order valence-electron chi connectivity index (χ1n) is 11.4. The summed E-state index contributed by atoms with van der Waals surface area (Å²) in [6, 6.07) is 18.6. The highest BCUT2D eigenvalue weighted by atomic mass is 32.2. The van der Waals surface area contributed by atoms with E-state index in [1.165, 1.54) is 33.5 Å². The van der Waals surface area contributed by atoms with Gasteiger partial charge in [-0.3, -0.25) is 9.69 Å². The topological polar surface area (TPSA) is 78.2 Å². The number of thiophene rings is 1. The molecular formula is C26H24N4O2S3. The minimum Gasteiger partial charge on any atom is -0.494 e. The van der Waals surface area contributed by atoms with Gasteiger partial charge in [-0.2, -0.15) is 5.26 Å². The molecule has 178 valence electrons. The van der Waals surface area contributed by atoms with E-state index in [0.717, 1.165) is 51.9 Å². The fourth-order valence-corrected chi connectivity index (χ4v) is 7.28. The molecule has 0 radical (unpaired) electrons. The molecule has 0 unspecified atom stereocenters. The van der Waals surface area contributed by atoms with Crippen LogP contribution in [-0.4, -0.2) is 34.7 Å². The van der Waals surface area contributed by atoms with Crippen molar-refractivity contribution in [2.45, 2.75) is 30.8 Å². The van der Waals surface area contributed by atoms with Crippen molar-refractivity contribution in [3.8, 4) is 11.8 Å². The van der Waals surface area contributed by atoms with Crippen LogP contribution in [0.3, 0.4) is 0 Å². The number of nitrogens with zero attached hydrogens (tertiary/aromatic N) is 3. The lowest BCUT2D eigenvalue weighted by Gasteiger charge is -2.26. The normalized spacial score (nSPS) is 13.4. The van der Waals surface area contributed by atoms with Crippen LogP contribution in [0.4, 0.5) is 5.00 Å². The fourth-order valence-electron chi connectivity index (χ4n) is 4.13. The summed E-state index contributed by atoms with van der Waals surface area (Å²) in [6.07, 6.45) is 0.821. The Morgan fingerprint density at radius 1 is 1.26 bits per heavy atom. The molecule has 4 aromatic rings. The molecule has 5 rings (SSSR count). The van der Waals surface area contributed by atoms with Crippen LogP contribution in [0.25, 0.3) is 10.2 Å². The first kappa shape index (κ1) is 23.8. The number of carbonyl (C=O) groups excluding carboxylic acids is 1. The van der Waals surface area contributed by atoms with Gasteiger partial charge in [-0.1, -0.05) is 42.1 Å². The van der Waals surface area contributed by atoms with Crippen LogP contribution in [-0.2, 0) is 24.3 Å². The van der Waals surface area contributed by atoms with Crippen LogP contribution in [0, 0.1) is 11.3 Å². The second-order valence-electron chi connectivity index (χ2n) is 8.15. The Labute approximate surface area is 216 Å². The maximum absolute atomic E-state index is 12.7. The summed E-state index contributed by atoms with van der Waals surface area (Å²) in [6.45, 7) is 5.16. The van der Waals surface area contributed by atoms with Crippen LogP contribution in [0.2, 0.25) is 0 Å².